The van der Waals surface area contributed by atoms with Crippen molar-refractivity contribution in [2.24, 2.45) is 5.92 Å². The molecule has 1 heterocycles. The van der Waals surface area contributed by atoms with E-state index in [-0.39, 0.29) is 33.1 Å². The van der Waals surface area contributed by atoms with Crippen LogP contribution in [-0.4, -0.2) is 26.7 Å². The number of alkyl halides is 3. The van der Waals surface area contributed by atoms with Gasteiger partial charge >= 0.3 is 6.18 Å². The monoisotopic (exact) mass is 465 g/mol. The maximum Gasteiger partial charge on any atom is 0.399 e. The molecule has 0 saturated heterocycles. The van der Waals surface area contributed by atoms with Crippen LogP contribution in [0.2, 0.25) is 10.0 Å². The number of hydrogen-bond donors (Lipinski definition) is 0. The Hall–Kier alpha value is -2.64. The zero-order chi connectivity index (χ0) is 22.2. The van der Waals surface area contributed by atoms with Gasteiger partial charge in [0.2, 0.25) is 5.78 Å². The Kier molecular flexibility index (Phi) is 5.90. The third kappa shape index (κ3) is 4.99. The fraction of sp³-hybridized carbons (Fsp3) is 0.227. The maximum atomic E-state index is 13.6. The molecule has 1 aliphatic rings. The largest absolute Gasteiger partial charge is 0.399 e. The molecular formula is C22H16Cl2F3N3O. The average molecular weight is 466 g/mol. The van der Waals surface area contributed by atoms with Crippen molar-refractivity contribution >= 4 is 35.1 Å². The van der Waals surface area contributed by atoms with Gasteiger partial charge in [-0.15, -0.1) is 0 Å². The van der Waals surface area contributed by atoms with Crippen molar-refractivity contribution in [3.63, 3.8) is 0 Å². The van der Waals surface area contributed by atoms with E-state index in [1.807, 2.05) is 0 Å². The van der Waals surface area contributed by atoms with Crippen molar-refractivity contribution in [1.82, 2.24) is 14.8 Å². The molecule has 0 bridgehead atoms. The summed E-state index contributed by atoms with van der Waals surface area (Å²) in [5.74, 6) is -1.64. The molecule has 2 aromatic carbocycles. The Balaban J connectivity index is 1.57. The van der Waals surface area contributed by atoms with E-state index in [2.05, 4.69) is 10.1 Å². The Bertz CT molecular complexity index is 1120. The highest BCUT2D eigenvalue weighted by atomic mass is 35.5. The van der Waals surface area contributed by atoms with E-state index in [1.54, 1.807) is 24.3 Å². The van der Waals surface area contributed by atoms with E-state index in [0.29, 0.717) is 11.3 Å². The minimum atomic E-state index is -4.51. The summed E-state index contributed by atoms with van der Waals surface area (Å²) < 4.78 is 42.3. The molecule has 160 valence electrons. The second-order valence-corrected chi connectivity index (χ2v) is 8.18. The van der Waals surface area contributed by atoms with Crippen molar-refractivity contribution in [1.29, 1.82) is 0 Å². The van der Waals surface area contributed by atoms with Gasteiger partial charge in [0.05, 0.1) is 11.6 Å². The van der Waals surface area contributed by atoms with Crippen LogP contribution in [0.3, 0.4) is 0 Å². The maximum absolute atomic E-state index is 13.6. The predicted octanol–water partition coefficient (Wildman–Crippen LogP) is 6.53. The molecular weight excluding hydrogens is 450 g/mol. The van der Waals surface area contributed by atoms with Gasteiger partial charge in [0.15, 0.2) is 5.82 Å². The molecule has 0 amide bonds. The summed E-state index contributed by atoms with van der Waals surface area (Å²) in [4.78, 5) is 16.4. The first kappa shape index (κ1) is 21.6. The lowest BCUT2D eigenvalue weighted by molar-refractivity contribution is -0.139. The van der Waals surface area contributed by atoms with Crippen LogP contribution in [0.15, 0.2) is 54.9 Å². The lowest BCUT2D eigenvalue weighted by Gasteiger charge is -2.18. The Morgan fingerprint density at radius 2 is 1.74 bits per heavy atom. The highest BCUT2D eigenvalue weighted by molar-refractivity contribution is 6.34. The highest BCUT2D eigenvalue weighted by Gasteiger charge is 2.39. The van der Waals surface area contributed by atoms with E-state index in [0.717, 1.165) is 18.9 Å². The van der Waals surface area contributed by atoms with E-state index >= 15 is 0 Å². The van der Waals surface area contributed by atoms with Crippen LogP contribution >= 0.6 is 23.2 Å². The normalized spacial score (nSPS) is 15.4. The third-order valence-corrected chi connectivity index (χ3v) is 5.37. The molecule has 31 heavy (non-hydrogen) atoms. The number of ketones is 1. The second-order valence-electron chi connectivity index (χ2n) is 7.31. The molecule has 1 aromatic heterocycles. The summed E-state index contributed by atoms with van der Waals surface area (Å²) in [6.45, 7) is 0. The standard InChI is InChI=1S/C22H16Cl2F3N3O/c23-16-9-15(10-17(24)11-16)19(22(25,26)27)8-3-13-1-6-18(7-2-13)30-21(28-12-29-30)20(31)14-4-5-14/h1-3,6-12,14,19H,4-5H2. The molecule has 1 atom stereocenters. The van der Waals surface area contributed by atoms with Crippen LogP contribution in [0, 0.1) is 5.92 Å². The Morgan fingerprint density at radius 3 is 2.32 bits per heavy atom. The number of benzene rings is 2. The number of hydrogen-bond acceptors (Lipinski definition) is 3. The Labute approximate surface area is 186 Å². The molecule has 4 rings (SSSR count). The number of carbonyl (C=O) groups is 1. The average Bonchev–Trinajstić information content (AvgIpc) is 3.43. The molecule has 3 aromatic rings. The van der Waals surface area contributed by atoms with Crippen LogP contribution in [0.5, 0.6) is 0 Å². The molecule has 0 N–H and O–H groups in total. The zero-order valence-electron chi connectivity index (χ0n) is 16.0. The summed E-state index contributed by atoms with van der Waals surface area (Å²) in [5, 5.41) is 4.38. The van der Waals surface area contributed by atoms with Crippen molar-refractivity contribution < 1.29 is 18.0 Å². The van der Waals surface area contributed by atoms with Gasteiger partial charge in [0.1, 0.15) is 6.33 Å². The molecule has 0 aliphatic heterocycles. The summed E-state index contributed by atoms with van der Waals surface area (Å²) >= 11 is 11.7. The number of allylic oxidation sites excluding steroid dienone is 1. The molecule has 1 aliphatic carbocycles. The molecule has 0 radical (unpaired) electrons. The van der Waals surface area contributed by atoms with Crippen molar-refractivity contribution in [3.05, 3.63) is 81.9 Å². The summed E-state index contributed by atoms with van der Waals surface area (Å²) in [5.41, 5.74) is 1.12. The van der Waals surface area contributed by atoms with Gasteiger partial charge in [-0.25, -0.2) is 9.67 Å². The van der Waals surface area contributed by atoms with E-state index in [9.17, 15) is 18.0 Å². The van der Waals surface area contributed by atoms with Crippen LogP contribution < -0.4 is 0 Å². The van der Waals surface area contributed by atoms with E-state index in [4.69, 9.17) is 23.2 Å². The van der Waals surface area contributed by atoms with Gasteiger partial charge in [-0.3, -0.25) is 4.79 Å². The van der Waals surface area contributed by atoms with Crippen LogP contribution in [0.25, 0.3) is 11.8 Å². The second kappa shape index (κ2) is 8.48. The zero-order valence-corrected chi connectivity index (χ0v) is 17.5. The lowest BCUT2D eigenvalue weighted by atomic mass is 9.97. The number of rotatable bonds is 6. The fourth-order valence-corrected chi connectivity index (χ4v) is 3.77. The first-order valence-electron chi connectivity index (χ1n) is 9.48. The molecule has 0 spiro atoms. The smallest absolute Gasteiger partial charge is 0.290 e. The van der Waals surface area contributed by atoms with Gasteiger partial charge in [-0.1, -0.05) is 47.5 Å². The molecule has 1 fully saturated rings. The topological polar surface area (TPSA) is 47.8 Å². The summed E-state index contributed by atoms with van der Waals surface area (Å²) in [6, 6.07) is 10.5. The number of nitrogens with zero attached hydrogens (tertiary/aromatic N) is 3. The molecule has 1 saturated carbocycles. The fourth-order valence-electron chi connectivity index (χ4n) is 3.22. The quantitative estimate of drug-likeness (QED) is 0.389. The highest BCUT2D eigenvalue weighted by Crippen LogP contribution is 2.38. The van der Waals surface area contributed by atoms with Gasteiger partial charge < -0.3 is 0 Å². The first-order valence-corrected chi connectivity index (χ1v) is 10.2. The van der Waals surface area contributed by atoms with Gasteiger partial charge in [-0.2, -0.15) is 18.3 Å². The van der Waals surface area contributed by atoms with Gasteiger partial charge in [0, 0.05) is 16.0 Å². The number of Topliss-reactive ketones (excluding diaryl/α,β-unsaturated/α-hetero) is 1. The van der Waals surface area contributed by atoms with E-state index in [1.165, 1.54) is 35.3 Å². The van der Waals surface area contributed by atoms with Gasteiger partial charge in [0.25, 0.3) is 0 Å². The molecule has 9 heteroatoms. The van der Waals surface area contributed by atoms with Crippen LogP contribution in [0.1, 0.15) is 40.5 Å². The minimum absolute atomic E-state index is 0.00412. The van der Waals surface area contributed by atoms with E-state index < -0.39 is 12.1 Å². The first-order chi connectivity index (χ1) is 14.7. The predicted molar refractivity (Wildman–Crippen MR) is 113 cm³/mol. The van der Waals surface area contributed by atoms with Crippen molar-refractivity contribution in [3.8, 4) is 5.69 Å². The van der Waals surface area contributed by atoms with Gasteiger partial charge in [-0.05, 0) is 54.3 Å². The minimum Gasteiger partial charge on any atom is -0.290 e. The number of carbonyl (C=O) groups excluding carboxylic acids is 1. The summed E-state index contributed by atoms with van der Waals surface area (Å²) in [6.07, 6.45) is 0.959. The lowest BCUT2D eigenvalue weighted by Crippen LogP contribution is -2.18. The van der Waals surface area contributed by atoms with Crippen LogP contribution in [0.4, 0.5) is 13.2 Å². The molecule has 4 nitrogen and oxygen atoms in total. The van der Waals surface area contributed by atoms with Crippen molar-refractivity contribution in [2.45, 2.75) is 24.9 Å². The Morgan fingerprint density at radius 1 is 1.10 bits per heavy atom. The molecule has 1 unspecified atom stereocenters. The SMILES string of the molecule is O=C(c1ncnn1-c1ccc(C=CC(c2cc(Cl)cc(Cl)c2)C(F)(F)F)cc1)C1CC1. The van der Waals surface area contributed by atoms with Crippen molar-refractivity contribution in [2.75, 3.05) is 0 Å². The van der Waals surface area contributed by atoms with Crippen LogP contribution in [-0.2, 0) is 0 Å². The summed E-state index contributed by atoms with van der Waals surface area (Å²) in [7, 11) is 0. The third-order valence-electron chi connectivity index (χ3n) is 4.93. The number of halogens is 5. The number of aromatic nitrogens is 3.